The number of ether oxygens (including phenoxy) is 2. The molecule has 1 aliphatic rings. The Hall–Kier alpha value is -1.41. The van der Waals surface area contributed by atoms with Gasteiger partial charge in [0.2, 0.25) is 0 Å². The van der Waals surface area contributed by atoms with Gasteiger partial charge in [0.05, 0.1) is 25.4 Å². The highest BCUT2D eigenvalue weighted by atomic mass is 16.5. The van der Waals surface area contributed by atoms with E-state index in [0.717, 1.165) is 25.0 Å². The Balaban J connectivity index is 1.97. The van der Waals surface area contributed by atoms with Gasteiger partial charge < -0.3 is 9.47 Å². The SMILES string of the molecule is CNC(C#N)(COCC1CCCO1)c1ccccc1. The first-order chi connectivity index (χ1) is 9.30. The summed E-state index contributed by atoms with van der Waals surface area (Å²) in [5, 5.41) is 12.6. The quantitative estimate of drug-likeness (QED) is 0.847. The lowest BCUT2D eigenvalue weighted by Gasteiger charge is -2.27. The van der Waals surface area contributed by atoms with Crippen molar-refractivity contribution in [1.82, 2.24) is 5.32 Å². The molecular weight excluding hydrogens is 240 g/mol. The Bertz CT molecular complexity index is 424. The second-order valence-corrected chi connectivity index (χ2v) is 4.78. The number of nitriles is 1. The zero-order chi connectivity index (χ0) is 13.6. The number of benzene rings is 1. The summed E-state index contributed by atoms with van der Waals surface area (Å²) in [6.45, 7) is 1.70. The summed E-state index contributed by atoms with van der Waals surface area (Å²) in [6.07, 6.45) is 2.33. The van der Waals surface area contributed by atoms with Crippen LogP contribution in [0.25, 0.3) is 0 Å². The molecular formula is C15H20N2O2. The van der Waals surface area contributed by atoms with Gasteiger partial charge in [-0.1, -0.05) is 30.3 Å². The van der Waals surface area contributed by atoms with Crippen LogP contribution in [0.4, 0.5) is 0 Å². The van der Waals surface area contributed by atoms with Crippen molar-refractivity contribution in [2.24, 2.45) is 0 Å². The summed E-state index contributed by atoms with van der Waals surface area (Å²) in [6, 6.07) is 12.0. The van der Waals surface area contributed by atoms with E-state index in [0.29, 0.717) is 13.2 Å². The summed E-state index contributed by atoms with van der Waals surface area (Å²) < 4.78 is 11.2. The highest BCUT2D eigenvalue weighted by molar-refractivity contribution is 5.31. The summed E-state index contributed by atoms with van der Waals surface area (Å²) >= 11 is 0. The van der Waals surface area contributed by atoms with E-state index in [2.05, 4.69) is 11.4 Å². The van der Waals surface area contributed by atoms with Crippen molar-refractivity contribution in [3.05, 3.63) is 35.9 Å². The number of nitrogens with zero attached hydrogens (tertiary/aromatic N) is 1. The number of rotatable bonds is 6. The first-order valence-corrected chi connectivity index (χ1v) is 6.66. The molecule has 0 bridgehead atoms. The van der Waals surface area contributed by atoms with Crippen molar-refractivity contribution in [2.45, 2.75) is 24.5 Å². The lowest BCUT2D eigenvalue weighted by atomic mass is 9.92. The predicted octanol–water partition coefficient (Wildman–Crippen LogP) is 1.82. The molecule has 1 fully saturated rings. The van der Waals surface area contributed by atoms with Gasteiger partial charge in [-0.25, -0.2) is 0 Å². The Morgan fingerprint density at radius 1 is 1.47 bits per heavy atom. The van der Waals surface area contributed by atoms with Crippen LogP contribution in [-0.2, 0) is 15.0 Å². The Morgan fingerprint density at radius 2 is 2.26 bits per heavy atom. The van der Waals surface area contributed by atoms with E-state index >= 15 is 0 Å². The fraction of sp³-hybridized carbons (Fsp3) is 0.533. The molecule has 1 heterocycles. The molecule has 4 heteroatoms. The van der Waals surface area contributed by atoms with Crippen LogP contribution < -0.4 is 5.32 Å². The second-order valence-electron chi connectivity index (χ2n) is 4.78. The zero-order valence-corrected chi connectivity index (χ0v) is 11.3. The van der Waals surface area contributed by atoms with Gasteiger partial charge in [-0.05, 0) is 25.5 Å². The summed E-state index contributed by atoms with van der Waals surface area (Å²) in [5.74, 6) is 0. The Morgan fingerprint density at radius 3 is 2.84 bits per heavy atom. The molecule has 4 nitrogen and oxygen atoms in total. The molecule has 2 rings (SSSR count). The van der Waals surface area contributed by atoms with Crippen molar-refractivity contribution in [3.63, 3.8) is 0 Å². The maximum absolute atomic E-state index is 9.50. The van der Waals surface area contributed by atoms with Gasteiger partial charge in [-0.15, -0.1) is 0 Å². The van der Waals surface area contributed by atoms with Crippen LogP contribution >= 0.6 is 0 Å². The molecule has 1 saturated heterocycles. The minimum atomic E-state index is -0.792. The molecule has 1 aromatic rings. The van der Waals surface area contributed by atoms with E-state index in [4.69, 9.17) is 9.47 Å². The summed E-state index contributed by atoms with van der Waals surface area (Å²) in [4.78, 5) is 0. The van der Waals surface area contributed by atoms with Gasteiger partial charge in [0.15, 0.2) is 5.54 Å². The van der Waals surface area contributed by atoms with Crippen LogP contribution in [0.15, 0.2) is 30.3 Å². The number of hydrogen-bond donors (Lipinski definition) is 1. The van der Waals surface area contributed by atoms with Gasteiger partial charge in [0.25, 0.3) is 0 Å². The van der Waals surface area contributed by atoms with Crippen LogP contribution in [-0.4, -0.2) is 33.0 Å². The standard InChI is InChI=1S/C15H20N2O2/c1-17-15(11-16,13-6-3-2-4-7-13)12-18-10-14-8-5-9-19-14/h2-4,6-7,14,17H,5,8-10,12H2,1H3. The minimum Gasteiger partial charge on any atom is -0.376 e. The van der Waals surface area contributed by atoms with Crippen molar-refractivity contribution in [1.29, 1.82) is 5.26 Å². The zero-order valence-electron chi connectivity index (χ0n) is 11.3. The number of likely N-dealkylation sites (N-methyl/N-ethyl adjacent to an activating group) is 1. The summed E-state index contributed by atoms with van der Waals surface area (Å²) in [7, 11) is 1.78. The Kier molecular flexibility index (Phi) is 4.92. The molecule has 102 valence electrons. The maximum Gasteiger partial charge on any atom is 0.155 e. The number of nitrogens with one attached hydrogen (secondary N) is 1. The molecule has 1 aromatic carbocycles. The molecule has 2 atom stereocenters. The fourth-order valence-electron chi connectivity index (χ4n) is 2.29. The van der Waals surface area contributed by atoms with Gasteiger partial charge >= 0.3 is 0 Å². The average molecular weight is 260 g/mol. The molecule has 0 spiro atoms. The van der Waals surface area contributed by atoms with Crippen molar-refractivity contribution in [3.8, 4) is 6.07 Å². The van der Waals surface area contributed by atoms with Crippen LogP contribution in [0.5, 0.6) is 0 Å². The van der Waals surface area contributed by atoms with Crippen LogP contribution in [0.2, 0.25) is 0 Å². The summed E-state index contributed by atoms with van der Waals surface area (Å²) in [5.41, 5.74) is 0.132. The third-order valence-electron chi connectivity index (χ3n) is 3.53. The smallest absolute Gasteiger partial charge is 0.155 e. The fourth-order valence-corrected chi connectivity index (χ4v) is 2.29. The topological polar surface area (TPSA) is 54.3 Å². The third-order valence-corrected chi connectivity index (χ3v) is 3.53. The Labute approximate surface area is 114 Å². The van der Waals surface area contributed by atoms with Gasteiger partial charge in [0, 0.05) is 6.61 Å². The average Bonchev–Trinajstić information content (AvgIpc) is 2.98. The van der Waals surface area contributed by atoms with Gasteiger partial charge in [-0.3, -0.25) is 5.32 Å². The maximum atomic E-state index is 9.50. The van der Waals surface area contributed by atoms with E-state index in [1.54, 1.807) is 7.05 Å². The van der Waals surface area contributed by atoms with E-state index in [1.807, 2.05) is 30.3 Å². The lowest BCUT2D eigenvalue weighted by molar-refractivity contribution is 0.00253. The molecule has 1 N–H and O–H groups in total. The van der Waals surface area contributed by atoms with Crippen LogP contribution in [0.1, 0.15) is 18.4 Å². The highest BCUT2D eigenvalue weighted by Crippen LogP contribution is 2.21. The van der Waals surface area contributed by atoms with Crippen molar-refractivity contribution < 1.29 is 9.47 Å². The van der Waals surface area contributed by atoms with Crippen molar-refractivity contribution >= 4 is 0 Å². The van der Waals surface area contributed by atoms with E-state index in [1.165, 1.54) is 0 Å². The van der Waals surface area contributed by atoms with Crippen LogP contribution in [0, 0.1) is 11.3 Å². The molecule has 1 aliphatic heterocycles. The molecule has 0 aromatic heterocycles. The largest absolute Gasteiger partial charge is 0.376 e. The first-order valence-electron chi connectivity index (χ1n) is 6.66. The predicted molar refractivity (Wildman–Crippen MR) is 72.6 cm³/mol. The van der Waals surface area contributed by atoms with Crippen LogP contribution in [0.3, 0.4) is 0 Å². The molecule has 0 amide bonds. The normalized spacial score (nSPS) is 21.8. The molecule has 0 saturated carbocycles. The molecule has 19 heavy (non-hydrogen) atoms. The molecule has 2 unspecified atom stereocenters. The van der Waals surface area contributed by atoms with E-state index in [-0.39, 0.29) is 6.10 Å². The lowest BCUT2D eigenvalue weighted by Crippen LogP contribution is -2.43. The third kappa shape index (κ3) is 3.32. The first kappa shape index (κ1) is 14.0. The van der Waals surface area contributed by atoms with E-state index in [9.17, 15) is 5.26 Å². The van der Waals surface area contributed by atoms with Crippen molar-refractivity contribution in [2.75, 3.05) is 26.9 Å². The number of hydrogen-bond acceptors (Lipinski definition) is 4. The second kappa shape index (κ2) is 6.67. The van der Waals surface area contributed by atoms with Gasteiger partial charge in [0.1, 0.15) is 0 Å². The molecule has 0 radical (unpaired) electrons. The highest BCUT2D eigenvalue weighted by Gasteiger charge is 2.31. The van der Waals surface area contributed by atoms with Gasteiger partial charge in [-0.2, -0.15) is 5.26 Å². The minimum absolute atomic E-state index is 0.184. The monoisotopic (exact) mass is 260 g/mol. The van der Waals surface area contributed by atoms with E-state index < -0.39 is 5.54 Å². The molecule has 0 aliphatic carbocycles.